The fourth-order valence-corrected chi connectivity index (χ4v) is 4.97. The zero-order valence-corrected chi connectivity index (χ0v) is 19.9. The number of hydrogen-bond acceptors (Lipinski definition) is 5. The van der Waals surface area contributed by atoms with Crippen LogP contribution in [-0.4, -0.2) is 39.2 Å². The Hall–Kier alpha value is -3.13. The number of anilines is 1. The van der Waals surface area contributed by atoms with Crippen LogP contribution < -0.4 is 21.5 Å². The van der Waals surface area contributed by atoms with E-state index in [1.807, 2.05) is 38.2 Å². The highest BCUT2D eigenvalue weighted by molar-refractivity contribution is 6.02. The average Bonchev–Trinajstić information content (AvgIpc) is 3.23. The van der Waals surface area contributed by atoms with Gasteiger partial charge in [-0.3, -0.25) is 14.7 Å². The molecule has 5 N–H and O–H groups in total. The number of nitrogens with two attached hydrogens (primary N) is 1. The first kappa shape index (κ1) is 23.0. The maximum Gasteiger partial charge on any atom is 0.253 e. The summed E-state index contributed by atoms with van der Waals surface area (Å²) in [5.41, 5.74) is 10.7. The molecule has 0 saturated heterocycles. The molecule has 1 saturated carbocycles. The summed E-state index contributed by atoms with van der Waals surface area (Å²) >= 11 is 0. The summed E-state index contributed by atoms with van der Waals surface area (Å²) in [4.78, 5) is 30.6. The lowest BCUT2D eigenvalue weighted by Gasteiger charge is -2.41. The Bertz CT molecular complexity index is 1220. The number of amides is 1. The quantitative estimate of drug-likeness (QED) is 0.459. The van der Waals surface area contributed by atoms with Crippen molar-refractivity contribution in [3.63, 3.8) is 0 Å². The van der Waals surface area contributed by atoms with Crippen molar-refractivity contribution < 1.29 is 4.79 Å². The van der Waals surface area contributed by atoms with Gasteiger partial charge in [0, 0.05) is 52.6 Å². The molecule has 1 fully saturated rings. The maximum atomic E-state index is 13.1. The van der Waals surface area contributed by atoms with Gasteiger partial charge in [0.05, 0.1) is 11.7 Å². The highest BCUT2D eigenvalue weighted by Crippen LogP contribution is 2.35. The molecule has 1 aromatic carbocycles. The minimum atomic E-state index is -0.221. The van der Waals surface area contributed by atoms with Crippen LogP contribution in [0.15, 0.2) is 29.2 Å². The second-order valence-electron chi connectivity index (χ2n) is 9.62. The molecule has 1 amide bonds. The molecule has 176 valence electrons. The van der Waals surface area contributed by atoms with Crippen LogP contribution in [0.3, 0.4) is 0 Å². The average molecular weight is 451 g/mol. The van der Waals surface area contributed by atoms with Crippen LogP contribution in [0.4, 0.5) is 5.69 Å². The molecule has 0 atom stereocenters. The van der Waals surface area contributed by atoms with Crippen molar-refractivity contribution in [3.8, 4) is 0 Å². The number of aromatic amines is 2. The second kappa shape index (κ2) is 9.02. The van der Waals surface area contributed by atoms with E-state index in [1.54, 1.807) is 0 Å². The first-order chi connectivity index (χ1) is 15.7. The number of pyridine rings is 1. The van der Waals surface area contributed by atoms with Gasteiger partial charge in [-0.05, 0) is 77.1 Å². The number of carbonyl (C=O) groups excluding carboxylic acids is 1. The van der Waals surface area contributed by atoms with Gasteiger partial charge in [-0.1, -0.05) is 0 Å². The number of aromatic nitrogens is 3. The second-order valence-corrected chi connectivity index (χ2v) is 9.62. The smallest absolute Gasteiger partial charge is 0.253 e. The maximum absolute atomic E-state index is 13.1. The Labute approximate surface area is 193 Å². The SMILES string of the molecule is CCN(c1cc(C(=O)NCc2c(C)cc(C)[nH]c2=O)cc2[nH]ncc12)C1CCC(C)(N)CC1. The zero-order valence-electron chi connectivity index (χ0n) is 19.9. The van der Waals surface area contributed by atoms with Gasteiger partial charge in [-0.25, -0.2) is 0 Å². The third-order valence-electron chi connectivity index (χ3n) is 6.91. The molecular weight excluding hydrogens is 416 g/mol. The van der Waals surface area contributed by atoms with Gasteiger partial charge in [0.25, 0.3) is 11.5 Å². The molecule has 8 heteroatoms. The lowest BCUT2D eigenvalue weighted by molar-refractivity contribution is 0.0951. The fraction of sp³-hybridized carbons (Fsp3) is 0.480. The monoisotopic (exact) mass is 450 g/mol. The van der Waals surface area contributed by atoms with Gasteiger partial charge in [0.2, 0.25) is 0 Å². The first-order valence-corrected chi connectivity index (χ1v) is 11.7. The Morgan fingerprint density at radius 3 is 2.67 bits per heavy atom. The number of hydrogen-bond donors (Lipinski definition) is 4. The molecule has 1 aliphatic rings. The Balaban J connectivity index is 1.60. The number of carbonyl (C=O) groups is 1. The predicted octanol–water partition coefficient (Wildman–Crippen LogP) is 3.28. The van der Waals surface area contributed by atoms with E-state index in [0.717, 1.165) is 60.1 Å². The minimum absolute atomic E-state index is 0.103. The summed E-state index contributed by atoms with van der Waals surface area (Å²) in [6, 6.07) is 6.04. The summed E-state index contributed by atoms with van der Waals surface area (Å²) in [7, 11) is 0. The number of fused-ring (bicyclic) bond motifs is 1. The molecule has 8 nitrogen and oxygen atoms in total. The van der Waals surface area contributed by atoms with Crippen LogP contribution in [0.1, 0.15) is 66.7 Å². The van der Waals surface area contributed by atoms with Crippen molar-refractivity contribution in [2.24, 2.45) is 5.73 Å². The molecule has 2 aromatic heterocycles. The van der Waals surface area contributed by atoms with Crippen molar-refractivity contribution in [2.45, 2.75) is 71.5 Å². The van der Waals surface area contributed by atoms with E-state index in [1.165, 1.54) is 0 Å². The third-order valence-corrected chi connectivity index (χ3v) is 6.91. The largest absolute Gasteiger partial charge is 0.368 e. The molecule has 3 aromatic rings. The lowest BCUT2D eigenvalue weighted by Crippen LogP contribution is -2.46. The standard InChI is InChI=1S/C25H34N6O2/c1-5-31(18-6-8-25(4,26)9-7-18)22-12-17(11-21-20(22)14-28-30-21)23(32)27-13-19-15(2)10-16(3)29-24(19)33/h10-12,14,18H,5-9,13,26H2,1-4H3,(H,27,32)(H,28,30)(H,29,33). The number of benzene rings is 1. The summed E-state index contributed by atoms with van der Waals surface area (Å²) in [5, 5.41) is 11.2. The molecule has 33 heavy (non-hydrogen) atoms. The van der Waals surface area contributed by atoms with E-state index < -0.39 is 0 Å². The Morgan fingerprint density at radius 1 is 1.27 bits per heavy atom. The fourth-order valence-electron chi connectivity index (χ4n) is 4.97. The normalized spacial score (nSPS) is 20.7. The van der Waals surface area contributed by atoms with Gasteiger partial charge in [-0.2, -0.15) is 5.10 Å². The van der Waals surface area contributed by atoms with Crippen LogP contribution in [0.2, 0.25) is 0 Å². The molecule has 0 aliphatic heterocycles. The van der Waals surface area contributed by atoms with Crippen LogP contribution in [0.5, 0.6) is 0 Å². The van der Waals surface area contributed by atoms with E-state index in [-0.39, 0.29) is 23.6 Å². The highest BCUT2D eigenvalue weighted by atomic mass is 16.1. The van der Waals surface area contributed by atoms with Gasteiger partial charge in [-0.15, -0.1) is 0 Å². The van der Waals surface area contributed by atoms with Crippen molar-refractivity contribution in [3.05, 3.63) is 57.1 Å². The van der Waals surface area contributed by atoms with E-state index in [4.69, 9.17) is 5.73 Å². The topological polar surface area (TPSA) is 120 Å². The molecule has 2 heterocycles. The Kier molecular flexibility index (Phi) is 6.30. The molecule has 0 radical (unpaired) electrons. The summed E-state index contributed by atoms with van der Waals surface area (Å²) in [6.07, 6.45) is 5.82. The van der Waals surface area contributed by atoms with Crippen LogP contribution in [0.25, 0.3) is 10.9 Å². The van der Waals surface area contributed by atoms with Gasteiger partial charge in [0.15, 0.2) is 0 Å². The van der Waals surface area contributed by atoms with Crippen molar-refractivity contribution in [1.82, 2.24) is 20.5 Å². The molecule has 1 aliphatic carbocycles. The number of nitrogens with zero attached hydrogens (tertiary/aromatic N) is 2. The summed E-state index contributed by atoms with van der Waals surface area (Å²) < 4.78 is 0. The van der Waals surface area contributed by atoms with Gasteiger partial charge >= 0.3 is 0 Å². The summed E-state index contributed by atoms with van der Waals surface area (Å²) in [6.45, 7) is 8.99. The summed E-state index contributed by atoms with van der Waals surface area (Å²) in [5.74, 6) is -0.221. The molecule has 0 spiro atoms. The predicted molar refractivity (Wildman–Crippen MR) is 132 cm³/mol. The zero-order chi connectivity index (χ0) is 23.8. The van der Waals surface area contributed by atoms with Crippen LogP contribution >= 0.6 is 0 Å². The first-order valence-electron chi connectivity index (χ1n) is 11.7. The van der Waals surface area contributed by atoms with Crippen LogP contribution in [0, 0.1) is 13.8 Å². The number of nitrogens with one attached hydrogen (secondary N) is 3. The third kappa shape index (κ3) is 4.80. The van der Waals surface area contributed by atoms with Crippen LogP contribution in [-0.2, 0) is 6.54 Å². The molecular formula is C25H34N6O2. The van der Waals surface area contributed by atoms with Crippen molar-refractivity contribution in [1.29, 1.82) is 0 Å². The molecule has 0 unspecified atom stereocenters. The molecule has 4 rings (SSSR count). The lowest BCUT2D eigenvalue weighted by atomic mass is 9.81. The van der Waals surface area contributed by atoms with E-state index in [2.05, 4.69) is 39.2 Å². The Morgan fingerprint density at radius 2 is 2.00 bits per heavy atom. The van der Waals surface area contributed by atoms with Gasteiger partial charge in [0.1, 0.15) is 0 Å². The highest BCUT2D eigenvalue weighted by Gasteiger charge is 2.31. The number of rotatable bonds is 6. The van der Waals surface area contributed by atoms with Crippen molar-refractivity contribution in [2.75, 3.05) is 11.4 Å². The number of aryl methyl sites for hydroxylation is 2. The van der Waals surface area contributed by atoms with E-state index >= 15 is 0 Å². The minimum Gasteiger partial charge on any atom is -0.368 e. The van der Waals surface area contributed by atoms with Gasteiger partial charge < -0.3 is 20.9 Å². The van der Waals surface area contributed by atoms with E-state index in [0.29, 0.717) is 17.2 Å². The van der Waals surface area contributed by atoms with E-state index in [9.17, 15) is 9.59 Å². The van der Waals surface area contributed by atoms with Crippen molar-refractivity contribution >= 4 is 22.5 Å². The molecule has 0 bridgehead atoms. The number of H-pyrrole nitrogens is 2.